The minimum absolute atomic E-state index is 0.0572. The lowest BCUT2D eigenvalue weighted by Gasteiger charge is -2.25. The van der Waals surface area contributed by atoms with Gasteiger partial charge >= 0.3 is 0 Å². The van der Waals surface area contributed by atoms with Gasteiger partial charge in [-0.05, 0) is 38.0 Å². The molecule has 1 rings (SSSR count). The monoisotopic (exact) mass is 376 g/mol. The van der Waals surface area contributed by atoms with Gasteiger partial charge in [0.1, 0.15) is 0 Å². The second kappa shape index (κ2) is 12.5. The van der Waals surface area contributed by atoms with E-state index in [0.717, 1.165) is 32.4 Å². The number of guanidine groups is 1. The summed E-state index contributed by atoms with van der Waals surface area (Å²) >= 11 is 0. The molecule has 0 aliphatic heterocycles. The number of sulfonamides is 1. The number of aliphatic imine (C=N–C) groups is 1. The SMILES string of the molecule is CCNC(=NCCCOCC(C)C)NCCS(=O)(=O)NCC1CCC1. The van der Waals surface area contributed by atoms with E-state index in [9.17, 15) is 8.42 Å². The van der Waals surface area contributed by atoms with E-state index in [-0.39, 0.29) is 5.75 Å². The zero-order valence-corrected chi connectivity index (χ0v) is 16.8. The summed E-state index contributed by atoms with van der Waals surface area (Å²) in [6, 6.07) is 0. The Morgan fingerprint density at radius 1 is 1.28 bits per heavy atom. The van der Waals surface area contributed by atoms with Crippen LogP contribution in [0.1, 0.15) is 46.5 Å². The first-order valence-electron chi connectivity index (χ1n) is 9.50. The van der Waals surface area contributed by atoms with E-state index in [2.05, 4.69) is 34.2 Å². The van der Waals surface area contributed by atoms with Crippen LogP contribution < -0.4 is 15.4 Å². The average molecular weight is 377 g/mol. The molecule has 0 spiro atoms. The van der Waals surface area contributed by atoms with E-state index in [0.29, 0.717) is 44.0 Å². The molecule has 1 fully saturated rings. The lowest BCUT2D eigenvalue weighted by molar-refractivity contribution is 0.109. The van der Waals surface area contributed by atoms with Gasteiger partial charge in [-0.3, -0.25) is 4.99 Å². The number of nitrogens with one attached hydrogen (secondary N) is 3. The third kappa shape index (κ3) is 11.4. The van der Waals surface area contributed by atoms with Crippen molar-refractivity contribution in [3.63, 3.8) is 0 Å². The molecule has 0 heterocycles. The van der Waals surface area contributed by atoms with Crippen LogP contribution in [0.5, 0.6) is 0 Å². The van der Waals surface area contributed by atoms with Crippen molar-refractivity contribution in [3.8, 4) is 0 Å². The smallest absolute Gasteiger partial charge is 0.213 e. The van der Waals surface area contributed by atoms with Crippen LogP contribution in [0, 0.1) is 11.8 Å². The molecule has 0 saturated heterocycles. The van der Waals surface area contributed by atoms with Gasteiger partial charge in [-0.1, -0.05) is 20.3 Å². The van der Waals surface area contributed by atoms with E-state index in [1.165, 1.54) is 6.42 Å². The highest BCUT2D eigenvalue weighted by molar-refractivity contribution is 7.89. The third-order valence-corrected chi connectivity index (χ3v) is 5.34. The standard InChI is InChI=1S/C17H36N4O3S/c1-4-18-17(19-9-6-11-24-14-15(2)3)20-10-12-25(22,23)21-13-16-7-5-8-16/h15-16,21H,4-14H2,1-3H3,(H2,18,19,20). The summed E-state index contributed by atoms with van der Waals surface area (Å²) in [7, 11) is -3.22. The fraction of sp³-hybridized carbons (Fsp3) is 0.941. The van der Waals surface area contributed by atoms with Crippen molar-refractivity contribution in [2.45, 2.75) is 46.5 Å². The fourth-order valence-electron chi connectivity index (χ4n) is 2.34. The summed E-state index contributed by atoms with van der Waals surface area (Å²) in [6.45, 7) is 10.0. The lowest BCUT2D eigenvalue weighted by atomic mass is 9.86. The second-order valence-corrected chi connectivity index (χ2v) is 8.90. The molecule has 0 bridgehead atoms. The normalized spacial score (nSPS) is 16.1. The molecule has 0 amide bonds. The van der Waals surface area contributed by atoms with Gasteiger partial charge in [0, 0.05) is 39.4 Å². The minimum atomic E-state index is -3.22. The van der Waals surface area contributed by atoms with Crippen molar-refractivity contribution in [3.05, 3.63) is 0 Å². The van der Waals surface area contributed by atoms with Crippen LogP contribution in [0.25, 0.3) is 0 Å². The molecule has 1 aliphatic rings. The van der Waals surface area contributed by atoms with Crippen molar-refractivity contribution in [2.24, 2.45) is 16.8 Å². The van der Waals surface area contributed by atoms with Crippen LogP contribution in [0.4, 0.5) is 0 Å². The first-order chi connectivity index (χ1) is 11.9. The van der Waals surface area contributed by atoms with E-state index in [4.69, 9.17) is 4.74 Å². The van der Waals surface area contributed by atoms with Crippen molar-refractivity contribution < 1.29 is 13.2 Å². The molecule has 148 valence electrons. The van der Waals surface area contributed by atoms with Crippen LogP contribution in [0.15, 0.2) is 4.99 Å². The largest absolute Gasteiger partial charge is 0.381 e. The van der Waals surface area contributed by atoms with Gasteiger partial charge in [0.25, 0.3) is 0 Å². The molecule has 0 aromatic heterocycles. The zero-order valence-electron chi connectivity index (χ0n) is 16.0. The van der Waals surface area contributed by atoms with Crippen LogP contribution in [0.2, 0.25) is 0 Å². The maximum absolute atomic E-state index is 12.0. The molecule has 0 aromatic carbocycles. The van der Waals surface area contributed by atoms with E-state index in [1.54, 1.807) is 0 Å². The fourth-order valence-corrected chi connectivity index (χ4v) is 3.34. The zero-order chi connectivity index (χ0) is 18.5. The quantitative estimate of drug-likeness (QED) is 0.256. The molecule has 25 heavy (non-hydrogen) atoms. The number of hydrogen-bond acceptors (Lipinski definition) is 4. The van der Waals surface area contributed by atoms with Crippen LogP contribution in [-0.2, 0) is 14.8 Å². The highest BCUT2D eigenvalue weighted by Gasteiger charge is 2.19. The van der Waals surface area contributed by atoms with E-state index in [1.807, 2.05) is 6.92 Å². The molecule has 0 atom stereocenters. The van der Waals surface area contributed by atoms with Gasteiger partial charge < -0.3 is 15.4 Å². The summed E-state index contributed by atoms with van der Waals surface area (Å²) < 4.78 is 32.2. The summed E-state index contributed by atoms with van der Waals surface area (Å²) in [4.78, 5) is 4.45. The summed E-state index contributed by atoms with van der Waals surface area (Å²) in [6.07, 6.45) is 4.35. The third-order valence-electron chi connectivity index (χ3n) is 3.99. The van der Waals surface area contributed by atoms with E-state index >= 15 is 0 Å². The first kappa shape index (κ1) is 22.2. The molecular formula is C17H36N4O3S. The summed E-state index contributed by atoms with van der Waals surface area (Å²) in [5, 5.41) is 6.21. The van der Waals surface area contributed by atoms with Gasteiger partial charge in [0.15, 0.2) is 5.96 Å². The van der Waals surface area contributed by atoms with Gasteiger partial charge in [-0.25, -0.2) is 13.1 Å². The highest BCUT2D eigenvalue weighted by atomic mass is 32.2. The first-order valence-corrected chi connectivity index (χ1v) is 11.2. The number of hydrogen-bond donors (Lipinski definition) is 3. The number of nitrogens with zero attached hydrogens (tertiary/aromatic N) is 1. The summed E-state index contributed by atoms with van der Waals surface area (Å²) in [5.41, 5.74) is 0. The predicted molar refractivity (Wildman–Crippen MR) is 103 cm³/mol. The molecule has 1 aliphatic carbocycles. The van der Waals surface area contributed by atoms with Crippen molar-refractivity contribution in [2.75, 3.05) is 45.1 Å². The molecule has 3 N–H and O–H groups in total. The maximum Gasteiger partial charge on any atom is 0.213 e. The molecule has 0 aromatic rings. The molecule has 0 radical (unpaired) electrons. The van der Waals surface area contributed by atoms with Gasteiger partial charge in [0.05, 0.1) is 5.75 Å². The number of ether oxygens (including phenoxy) is 1. The van der Waals surface area contributed by atoms with Crippen LogP contribution >= 0.6 is 0 Å². The summed E-state index contributed by atoms with van der Waals surface area (Å²) in [5.74, 6) is 1.78. The topological polar surface area (TPSA) is 91.8 Å². The molecule has 7 nitrogen and oxygen atoms in total. The second-order valence-electron chi connectivity index (χ2n) is 6.97. The predicted octanol–water partition coefficient (Wildman–Crippen LogP) is 1.32. The Morgan fingerprint density at radius 3 is 2.64 bits per heavy atom. The Kier molecular flexibility index (Phi) is 11.1. The Morgan fingerprint density at radius 2 is 2.04 bits per heavy atom. The molecule has 1 saturated carbocycles. The Hall–Kier alpha value is -0.860. The van der Waals surface area contributed by atoms with Crippen LogP contribution in [0.3, 0.4) is 0 Å². The van der Waals surface area contributed by atoms with E-state index < -0.39 is 10.0 Å². The molecule has 0 unspecified atom stereocenters. The van der Waals surface area contributed by atoms with Gasteiger partial charge in [-0.15, -0.1) is 0 Å². The average Bonchev–Trinajstić information content (AvgIpc) is 2.48. The molecule has 8 heteroatoms. The van der Waals surface area contributed by atoms with Gasteiger partial charge in [-0.2, -0.15) is 0 Å². The Balaban J connectivity index is 2.20. The number of rotatable bonds is 13. The maximum atomic E-state index is 12.0. The molecular weight excluding hydrogens is 340 g/mol. The Labute approximate surface area is 153 Å². The minimum Gasteiger partial charge on any atom is -0.381 e. The van der Waals surface area contributed by atoms with Gasteiger partial charge in [0.2, 0.25) is 10.0 Å². The van der Waals surface area contributed by atoms with Crippen molar-refractivity contribution >= 4 is 16.0 Å². The lowest BCUT2D eigenvalue weighted by Crippen LogP contribution is -2.42. The van der Waals surface area contributed by atoms with Crippen LogP contribution in [-0.4, -0.2) is 59.5 Å². The van der Waals surface area contributed by atoms with Crippen molar-refractivity contribution in [1.82, 2.24) is 15.4 Å². The Bertz CT molecular complexity index is 476. The highest BCUT2D eigenvalue weighted by Crippen LogP contribution is 2.25. The van der Waals surface area contributed by atoms with Crippen molar-refractivity contribution in [1.29, 1.82) is 0 Å².